The molecule has 0 bridgehead atoms. The Morgan fingerprint density at radius 3 is 2.67 bits per heavy atom. The van der Waals surface area contributed by atoms with Gasteiger partial charge in [0.25, 0.3) is 0 Å². The summed E-state index contributed by atoms with van der Waals surface area (Å²) in [4.78, 5) is 15.9. The van der Waals surface area contributed by atoms with Crippen molar-refractivity contribution >= 4 is 12.0 Å². The number of benzene rings is 2. The lowest BCUT2D eigenvalue weighted by Gasteiger charge is -2.08. The lowest BCUT2D eigenvalue weighted by molar-refractivity contribution is -0.116. The van der Waals surface area contributed by atoms with Crippen LogP contribution in [0.3, 0.4) is 0 Å². The van der Waals surface area contributed by atoms with Crippen LogP contribution in [0.15, 0.2) is 85.2 Å². The van der Waals surface area contributed by atoms with E-state index in [1.807, 2.05) is 66.7 Å². The lowest BCUT2D eigenvalue weighted by atomic mass is 10.1. The van der Waals surface area contributed by atoms with Gasteiger partial charge in [-0.15, -0.1) is 0 Å². The number of rotatable bonds is 8. The molecule has 2 aromatic carbocycles. The molecule has 0 unspecified atom stereocenters. The highest BCUT2D eigenvalue weighted by atomic mass is 16.5. The van der Waals surface area contributed by atoms with E-state index >= 15 is 0 Å². The van der Waals surface area contributed by atoms with Crippen molar-refractivity contribution in [2.24, 2.45) is 0 Å². The van der Waals surface area contributed by atoms with Crippen LogP contribution in [-0.4, -0.2) is 17.4 Å². The number of aromatic nitrogens is 1. The molecule has 0 aliphatic carbocycles. The first kappa shape index (κ1) is 18.4. The molecule has 4 nitrogen and oxygen atoms in total. The molecule has 0 saturated heterocycles. The van der Waals surface area contributed by atoms with Crippen LogP contribution in [0.1, 0.15) is 16.7 Å². The summed E-state index contributed by atoms with van der Waals surface area (Å²) in [5.74, 6) is 0.717. The van der Waals surface area contributed by atoms with Crippen LogP contribution >= 0.6 is 0 Å². The van der Waals surface area contributed by atoms with Crippen LogP contribution in [0.25, 0.3) is 6.08 Å². The molecule has 136 valence electrons. The molecule has 0 aliphatic rings. The van der Waals surface area contributed by atoms with Gasteiger partial charge in [-0.3, -0.25) is 9.78 Å². The van der Waals surface area contributed by atoms with Crippen molar-refractivity contribution in [1.29, 1.82) is 0 Å². The van der Waals surface area contributed by atoms with Gasteiger partial charge in [0, 0.05) is 25.0 Å². The molecule has 3 rings (SSSR count). The van der Waals surface area contributed by atoms with Crippen LogP contribution in [0.5, 0.6) is 5.75 Å². The first-order valence-corrected chi connectivity index (χ1v) is 8.91. The van der Waals surface area contributed by atoms with E-state index in [1.54, 1.807) is 18.5 Å². The molecule has 0 spiro atoms. The first-order chi connectivity index (χ1) is 13.3. The smallest absolute Gasteiger partial charge is 0.244 e. The standard InChI is InChI=1S/C23H22N2O2/c26-23(12-11-20-9-5-14-24-17-20)25-15-13-19-8-4-10-22(16-19)27-18-21-6-2-1-3-7-21/h1-12,14,16-17H,13,15,18H2,(H,25,26). The summed E-state index contributed by atoms with van der Waals surface area (Å²) in [5, 5.41) is 2.89. The van der Waals surface area contributed by atoms with Gasteiger partial charge in [0.2, 0.25) is 5.91 Å². The van der Waals surface area contributed by atoms with E-state index in [-0.39, 0.29) is 5.91 Å². The highest BCUT2D eigenvalue weighted by Crippen LogP contribution is 2.15. The Bertz CT molecular complexity index is 877. The summed E-state index contributed by atoms with van der Waals surface area (Å²) in [7, 11) is 0. The summed E-state index contributed by atoms with van der Waals surface area (Å²) in [6.07, 6.45) is 7.44. The van der Waals surface area contributed by atoms with Crippen molar-refractivity contribution in [3.8, 4) is 5.75 Å². The van der Waals surface area contributed by atoms with Gasteiger partial charge in [-0.05, 0) is 47.4 Å². The second-order valence-corrected chi connectivity index (χ2v) is 6.08. The van der Waals surface area contributed by atoms with Crippen LogP contribution in [0.2, 0.25) is 0 Å². The fourth-order valence-corrected chi connectivity index (χ4v) is 2.57. The summed E-state index contributed by atoms with van der Waals surface area (Å²) >= 11 is 0. The SMILES string of the molecule is O=C(C=Cc1cccnc1)NCCc1cccc(OCc2ccccc2)c1. The highest BCUT2D eigenvalue weighted by Gasteiger charge is 2.00. The monoisotopic (exact) mass is 358 g/mol. The molecule has 3 aromatic rings. The molecule has 0 saturated carbocycles. The normalized spacial score (nSPS) is 10.7. The summed E-state index contributed by atoms with van der Waals surface area (Å²) in [6.45, 7) is 1.11. The largest absolute Gasteiger partial charge is 0.489 e. The minimum Gasteiger partial charge on any atom is -0.489 e. The Balaban J connectivity index is 1.44. The number of hydrogen-bond donors (Lipinski definition) is 1. The molecule has 1 N–H and O–H groups in total. The van der Waals surface area contributed by atoms with E-state index in [0.29, 0.717) is 13.2 Å². The van der Waals surface area contributed by atoms with E-state index in [2.05, 4.69) is 10.3 Å². The number of pyridine rings is 1. The maximum absolute atomic E-state index is 11.9. The number of amides is 1. The summed E-state index contributed by atoms with van der Waals surface area (Å²) in [5.41, 5.74) is 3.16. The fourth-order valence-electron chi connectivity index (χ4n) is 2.57. The van der Waals surface area contributed by atoms with Crippen molar-refractivity contribution < 1.29 is 9.53 Å². The Hall–Kier alpha value is -3.40. The number of carbonyl (C=O) groups excluding carboxylic acids is 1. The van der Waals surface area contributed by atoms with Crippen LogP contribution in [-0.2, 0) is 17.8 Å². The predicted molar refractivity (Wildman–Crippen MR) is 107 cm³/mol. The lowest BCUT2D eigenvalue weighted by Crippen LogP contribution is -2.23. The van der Waals surface area contributed by atoms with Crippen LogP contribution < -0.4 is 10.1 Å². The van der Waals surface area contributed by atoms with Gasteiger partial charge < -0.3 is 10.1 Å². The number of nitrogens with one attached hydrogen (secondary N) is 1. The Labute approximate surface area is 159 Å². The number of hydrogen-bond acceptors (Lipinski definition) is 3. The molecule has 0 aliphatic heterocycles. The molecule has 0 atom stereocenters. The number of ether oxygens (including phenoxy) is 1. The second-order valence-electron chi connectivity index (χ2n) is 6.08. The van der Waals surface area contributed by atoms with Gasteiger partial charge in [0.15, 0.2) is 0 Å². The number of carbonyl (C=O) groups is 1. The third-order valence-corrected chi connectivity index (χ3v) is 3.97. The zero-order valence-corrected chi connectivity index (χ0v) is 15.0. The van der Waals surface area contributed by atoms with E-state index in [0.717, 1.165) is 28.9 Å². The van der Waals surface area contributed by atoms with Crippen molar-refractivity contribution in [2.75, 3.05) is 6.54 Å². The van der Waals surface area contributed by atoms with Crippen molar-refractivity contribution in [2.45, 2.75) is 13.0 Å². The van der Waals surface area contributed by atoms with Crippen molar-refractivity contribution in [3.63, 3.8) is 0 Å². The Morgan fingerprint density at radius 2 is 1.85 bits per heavy atom. The maximum atomic E-state index is 11.9. The zero-order chi connectivity index (χ0) is 18.7. The quantitative estimate of drug-likeness (QED) is 0.619. The van der Waals surface area contributed by atoms with Crippen molar-refractivity contribution in [1.82, 2.24) is 10.3 Å². The Morgan fingerprint density at radius 1 is 1.00 bits per heavy atom. The molecule has 0 fully saturated rings. The molecule has 1 aromatic heterocycles. The molecule has 1 heterocycles. The van der Waals surface area contributed by atoms with Gasteiger partial charge >= 0.3 is 0 Å². The maximum Gasteiger partial charge on any atom is 0.244 e. The molecule has 0 radical (unpaired) electrons. The minimum atomic E-state index is -0.115. The Kier molecular flexibility index (Phi) is 6.76. The van der Waals surface area contributed by atoms with Crippen LogP contribution in [0, 0.1) is 0 Å². The predicted octanol–water partition coefficient (Wildman–Crippen LogP) is 4.03. The highest BCUT2D eigenvalue weighted by molar-refractivity contribution is 5.91. The third-order valence-electron chi connectivity index (χ3n) is 3.97. The van der Waals surface area contributed by atoms with E-state index in [9.17, 15) is 4.79 Å². The summed E-state index contributed by atoms with van der Waals surface area (Å²) < 4.78 is 5.84. The minimum absolute atomic E-state index is 0.115. The topological polar surface area (TPSA) is 51.2 Å². The van der Waals surface area contributed by atoms with Gasteiger partial charge in [0.1, 0.15) is 12.4 Å². The van der Waals surface area contributed by atoms with Crippen LogP contribution in [0.4, 0.5) is 0 Å². The van der Waals surface area contributed by atoms with E-state index < -0.39 is 0 Å². The van der Waals surface area contributed by atoms with E-state index in [4.69, 9.17) is 4.74 Å². The average Bonchev–Trinajstić information content (AvgIpc) is 2.73. The third kappa shape index (κ3) is 6.44. The fraction of sp³-hybridized carbons (Fsp3) is 0.130. The van der Waals surface area contributed by atoms with Crippen molar-refractivity contribution in [3.05, 3.63) is 102 Å². The first-order valence-electron chi connectivity index (χ1n) is 8.91. The molecular weight excluding hydrogens is 336 g/mol. The van der Waals surface area contributed by atoms with Gasteiger partial charge in [-0.1, -0.05) is 48.5 Å². The summed E-state index contributed by atoms with van der Waals surface area (Å²) in [6, 6.07) is 21.8. The van der Waals surface area contributed by atoms with Gasteiger partial charge in [0.05, 0.1) is 0 Å². The van der Waals surface area contributed by atoms with Gasteiger partial charge in [-0.2, -0.15) is 0 Å². The molecule has 1 amide bonds. The molecule has 4 heteroatoms. The van der Waals surface area contributed by atoms with Gasteiger partial charge in [-0.25, -0.2) is 0 Å². The zero-order valence-electron chi connectivity index (χ0n) is 15.0. The molecule has 27 heavy (non-hydrogen) atoms. The number of nitrogens with zero attached hydrogens (tertiary/aromatic N) is 1. The van der Waals surface area contributed by atoms with E-state index in [1.165, 1.54) is 6.08 Å². The second kappa shape index (κ2) is 9.92. The average molecular weight is 358 g/mol. The molecular formula is C23H22N2O2.